The number of carbonyl (C=O) groups is 1. The molecule has 4 heteroatoms. The van der Waals surface area contributed by atoms with Gasteiger partial charge in [-0.05, 0) is 36.6 Å². The molecule has 0 aromatic heterocycles. The van der Waals surface area contributed by atoms with E-state index in [4.69, 9.17) is 4.74 Å². The lowest BCUT2D eigenvalue weighted by Crippen LogP contribution is -2.42. The molecule has 2 aliphatic rings. The summed E-state index contributed by atoms with van der Waals surface area (Å²) < 4.78 is 5.53. The van der Waals surface area contributed by atoms with E-state index in [1.807, 2.05) is 18.2 Å². The average molecular weight is 352 g/mol. The molecule has 1 amide bonds. The molecule has 3 rings (SSSR count). The molecule has 114 valence electrons. The number of hydrogen-bond acceptors (Lipinski definition) is 2. The van der Waals surface area contributed by atoms with Crippen LogP contribution in [0.15, 0.2) is 18.2 Å². The van der Waals surface area contributed by atoms with E-state index in [-0.39, 0.29) is 5.91 Å². The molecule has 1 heterocycles. The first-order valence-electron chi connectivity index (χ1n) is 7.92. The number of hydrogen-bond donors (Lipinski definition) is 0. The van der Waals surface area contributed by atoms with E-state index < -0.39 is 0 Å². The van der Waals surface area contributed by atoms with Crippen LogP contribution in [0.25, 0.3) is 0 Å². The molecule has 0 atom stereocenters. The smallest absolute Gasteiger partial charge is 0.254 e. The summed E-state index contributed by atoms with van der Waals surface area (Å²) >= 11 is 3.49. The molecule has 1 aliphatic heterocycles. The SMILES string of the molecule is O=C(c1ccc2c(c1)CCO2)N(CCBr)C1CCCCC1. The number of benzene rings is 1. The molecule has 0 N–H and O–H groups in total. The molecular weight excluding hydrogens is 330 g/mol. The highest BCUT2D eigenvalue weighted by molar-refractivity contribution is 9.09. The maximum atomic E-state index is 12.9. The van der Waals surface area contributed by atoms with Crippen LogP contribution in [0.1, 0.15) is 48.0 Å². The monoisotopic (exact) mass is 351 g/mol. The fourth-order valence-corrected chi connectivity index (χ4v) is 3.80. The Labute approximate surface area is 134 Å². The number of alkyl halides is 1. The molecule has 0 radical (unpaired) electrons. The molecule has 1 aromatic carbocycles. The van der Waals surface area contributed by atoms with Crippen LogP contribution in [0.5, 0.6) is 5.75 Å². The minimum absolute atomic E-state index is 0.177. The lowest BCUT2D eigenvalue weighted by Gasteiger charge is -2.34. The quantitative estimate of drug-likeness (QED) is 0.772. The molecule has 21 heavy (non-hydrogen) atoms. The van der Waals surface area contributed by atoms with Crippen molar-refractivity contribution in [3.05, 3.63) is 29.3 Å². The number of ether oxygens (including phenoxy) is 1. The van der Waals surface area contributed by atoms with Crippen molar-refractivity contribution >= 4 is 21.8 Å². The summed E-state index contributed by atoms with van der Waals surface area (Å²) in [5.41, 5.74) is 1.98. The van der Waals surface area contributed by atoms with E-state index in [9.17, 15) is 4.79 Å². The van der Waals surface area contributed by atoms with Crippen LogP contribution in [0.2, 0.25) is 0 Å². The zero-order valence-electron chi connectivity index (χ0n) is 12.3. The first-order chi connectivity index (χ1) is 10.3. The van der Waals surface area contributed by atoms with Gasteiger partial charge in [-0.25, -0.2) is 0 Å². The Bertz CT molecular complexity index is 512. The van der Waals surface area contributed by atoms with Gasteiger partial charge in [0.15, 0.2) is 0 Å². The summed E-state index contributed by atoms with van der Waals surface area (Å²) in [6.45, 7) is 1.53. The van der Waals surface area contributed by atoms with Crippen LogP contribution in [0, 0.1) is 0 Å². The third kappa shape index (κ3) is 3.25. The Morgan fingerprint density at radius 3 is 2.86 bits per heavy atom. The first-order valence-corrected chi connectivity index (χ1v) is 9.04. The third-order valence-electron chi connectivity index (χ3n) is 4.54. The number of carbonyl (C=O) groups excluding carboxylic acids is 1. The van der Waals surface area contributed by atoms with Crippen LogP contribution in [-0.2, 0) is 6.42 Å². The van der Waals surface area contributed by atoms with E-state index in [2.05, 4.69) is 20.8 Å². The Morgan fingerprint density at radius 1 is 1.29 bits per heavy atom. The minimum atomic E-state index is 0.177. The Kier molecular flexibility index (Phi) is 4.84. The molecule has 1 aliphatic carbocycles. The van der Waals surface area contributed by atoms with Crippen molar-refractivity contribution < 1.29 is 9.53 Å². The van der Waals surface area contributed by atoms with Crippen LogP contribution >= 0.6 is 15.9 Å². The summed E-state index contributed by atoms with van der Waals surface area (Å²) in [6.07, 6.45) is 7.00. The summed E-state index contributed by atoms with van der Waals surface area (Å²) in [7, 11) is 0. The van der Waals surface area contributed by atoms with Gasteiger partial charge < -0.3 is 9.64 Å². The molecular formula is C17H22BrNO2. The van der Waals surface area contributed by atoms with E-state index in [0.717, 1.165) is 49.1 Å². The van der Waals surface area contributed by atoms with E-state index in [0.29, 0.717) is 6.04 Å². The van der Waals surface area contributed by atoms with Crippen molar-refractivity contribution in [2.45, 2.75) is 44.6 Å². The average Bonchev–Trinajstić information content (AvgIpc) is 3.00. The van der Waals surface area contributed by atoms with Gasteiger partial charge in [0.05, 0.1) is 6.61 Å². The van der Waals surface area contributed by atoms with Crippen LogP contribution in [0.4, 0.5) is 0 Å². The molecule has 3 nitrogen and oxygen atoms in total. The van der Waals surface area contributed by atoms with Gasteiger partial charge in [-0.15, -0.1) is 0 Å². The zero-order chi connectivity index (χ0) is 14.7. The van der Waals surface area contributed by atoms with Crippen molar-refractivity contribution in [2.75, 3.05) is 18.5 Å². The Morgan fingerprint density at radius 2 is 2.10 bits per heavy atom. The number of fused-ring (bicyclic) bond motifs is 1. The molecule has 0 saturated heterocycles. The highest BCUT2D eigenvalue weighted by atomic mass is 79.9. The fraction of sp³-hybridized carbons (Fsp3) is 0.588. The highest BCUT2D eigenvalue weighted by Gasteiger charge is 2.26. The first kappa shape index (κ1) is 14.9. The van der Waals surface area contributed by atoms with Crippen molar-refractivity contribution in [3.63, 3.8) is 0 Å². The zero-order valence-corrected chi connectivity index (χ0v) is 13.9. The van der Waals surface area contributed by atoms with Gasteiger partial charge in [-0.1, -0.05) is 35.2 Å². The van der Waals surface area contributed by atoms with E-state index >= 15 is 0 Å². The van der Waals surface area contributed by atoms with Crippen molar-refractivity contribution in [1.29, 1.82) is 0 Å². The standard InChI is InChI=1S/C17H22BrNO2/c18-9-10-19(15-4-2-1-3-5-15)17(20)14-6-7-16-13(12-14)8-11-21-16/h6-7,12,15H,1-5,8-11H2. The molecule has 1 aromatic rings. The molecule has 0 unspecified atom stereocenters. The second-order valence-corrected chi connectivity index (χ2v) is 6.69. The lowest BCUT2D eigenvalue weighted by atomic mass is 9.93. The van der Waals surface area contributed by atoms with Crippen LogP contribution in [0.3, 0.4) is 0 Å². The predicted octanol–water partition coefficient (Wildman–Crippen LogP) is 3.79. The number of nitrogens with zero attached hydrogens (tertiary/aromatic N) is 1. The second-order valence-electron chi connectivity index (χ2n) is 5.90. The predicted molar refractivity (Wildman–Crippen MR) is 87.3 cm³/mol. The maximum Gasteiger partial charge on any atom is 0.254 e. The van der Waals surface area contributed by atoms with Crippen molar-refractivity contribution in [1.82, 2.24) is 4.90 Å². The third-order valence-corrected chi connectivity index (χ3v) is 4.89. The molecule has 0 spiro atoms. The summed E-state index contributed by atoms with van der Waals surface area (Å²) in [4.78, 5) is 15.0. The maximum absolute atomic E-state index is 12.9. The van der Waals surface area contributed by atoms with Crippen molar-refractivity contribution in [2.24, 2.45) is 0 Å². The van der Waals surface area contributed by atoms with Crippen LogP contribution < -0.4 is 4.74 Å². The lowest BCUT2D eigenvalue weighted by molar-refractivity contribution is 0.0651. The Balaban J connectivity index is 1.79. The summed E-state index contributed by atoms with van der Waals surface area (Å²) in [5, 5.41) is 0.837. The van der Waals surface area contributed by atoms with Gasteiger partial charge in [0.1, 0.15) is 5.75 Å². The molecule has 1 fully saturated rings. The number of rotatable bonds is 4. The fourth-order valence-electron chi connectivity index (χ4n) is 3.42. The number of amides is 1. The van der Waals surface area contributed by atoms with Gasteiger partial charge in [-0.2, -0.15) is 0 Å². The Hall–Kier alpha value is -1.03. The van der Waals surface area contributed by atoms with Gasteiger partial charge in [0.25, 0.3) is 5.91 Å². The molecule has 1 saturated carbocycles. The van der Waals surface area contributed by atoms with E-state index in [1.54, 1.807) is 0 Å². The van der Waals surface area contributed by atoms with Crippen molar-refractivity contribution in [3.8, 4) is 5.75 Å². The minimum Gasteiger partial charge on any atom is -0.493 e. The van der Waals surface area contributed by atoms with Gasteiger partial charge in [-0.3, -0.25) is 4.79 Å². The normalized spacial score (nSPS) is 18.1. The highest BCUT2D eigenvalue weighted by Crippen LogP contribution is 2.28. The van der Waals surface area contributed by atoms with E-state index in [1.165, 1.54) is 24.8 Å². The summed E-state index contributed by atoms with van der Waals surface area (Å²) in [5.74, 6) is 1.12. The van der Waals surface area contributed by atoms with Gasteiger partial charge in [0.2, 0.25) is 0 Å². The largest absolute Gasteiger partial charge is 0.493 e. The second kappa shape index (κ2) is 6.82. The molecule has 0 bridgehead atoms. The topological polar surface area (TPSA) is 29.5 Å². The van der Waals surface area contributed by atoms with Gasteiger partial charge >= 0.3 is 0 Å². The van der Waals surface area contributed by atoms with Gasteiger partial charge in [0, 0.05) is 29.9 Å². The van der Waals surface area contributed by atoms with Crippen LogP contribution in [-0.4, -0.2) is 35.3 Å². The number of halogens is 1. The summed E-state index contributed by atoms with van der Waals surface area (Å²) in [6, 6.07) is 6.29.